The minimum atomic E-state index is 0.782. The predicted molar refractivity (Wildman–Crippen MR) is 107 cm³/mol. The van der Waals surface area contributed by atoms with E-state index >= 15 is 0 Å². The van der Waals surface area contributed by atoms with E-state index in [1.807, 2.05) is 19.3 Å². The molecule has 2 heterocycles. The van der Waals surface area contributed by atoms with Gasteiger partial charge in [0.2, 0.25) is 0 Å². The summed E-state index contributed by atoms with van der Waals surface area (Å²) in [5.74, 6) is 0.782. The second kappa shape index (κ2) is 7.04. The fourth-order valence-electron chi connectivity index (χ4n) is 3.20. The summed E-state index contributed by atoms with van der Waals surface area (Å²) < 4.78 is 0. The van der Waals surface area contributed by atoms with Gasteiger partial charge in [0.1, 0.15) is 0 Å². The lowest BCUT2D eigenvalue weighted by atomic mass is 10.0. The van der Waals surface area contributed by atoms with Crippen LogP contribution in [0.4, 0.5) is 0 Å². The largest absolute Gasteiger partial charge is 0.264 e. The van der Waals surface area contributed by atoms with Crippen LogP contribution in [0, 0.1) is 13.8 Å². The van der Waals surface area contributed by atoms with Gasteiger partial charge < -0.3 is 0 Å². The van der Waals surface area contributed by atoms with Crippen LogP contribution in [-0.4, -0.2) is 15.0 Å². The minimum absolute atomic E-state index is 0.782. The molecule has 0 spiro atoms. The summed E-state index contributed by atoms with van der Waals surface area (Å²) in [5, 5.41) is 0. The second-order valence-corrected chi connectivity index (χ2v) is 6.71. The Morgan fingerprint density at radius 3 is 2.38 bits per heavy atom. The molecule has 3 nitrogen and oxygen atoms in total. The minimum Gasteiger partial charge on any atom is -0.264 e. The van der Waals surface area contributed by atoms with Gasteiger partial charge in [0.15, 0.2) is 5.82 Å². The summed E-state index contributed by atoms with van der Waals surface area (Å²) in [6, 6.07) is 12.6. The average Bonchev–Trinajstić information content (AvgIpc) is 2.68. The molecule has 1 aliphatic carbocycles. The summed E-state index contributed by atoms with van der Waals surface area (Å²) in [6.07, 6.45) is 12.3. The molecule has 1 aliphatic rings. The van der Waals surface area contributed by atoms with Crippen LogP contribution in [0.5, 0.6) is 0 Å². The molecule has 128 valence electrons. The topological polar surface area (TPSA) is 38.7 Å². The third kappa shape index (κ3) is 3.47. The van der Waals surface area contributed by atoms with Crippen LogP contribution < -0.4 is 0 Å². The van der Waals surface area contributed by atoms with Crippen molar-refractivity contribution >= 4 is 5.57 Å². The monoisotopic (exact) mass is 339 g/mol. The summed E-state index contributed by atoms with van der Waals surface area (Å²) in [5.41, 5.74) is 7.77. The zero-order valence-corrected chi connectivity index (χ0v) is 15.1. The molecule has 2 aromatic heterocycles. The Kier molecular flexibility index (Phi) is 4.44. The third-order valence-corrected chi connectivity index (χ3v) is 4.55. The number of benzene rings is 1. The molecule has 0 aliphatic heterocycles. The quantitative estimate of drug-likeness (QED) is 0.627. The lowest BCUT2D eigenvalue weighted by Gasteiger charge is -2.11. The van der Waals surface area contributed by atoms with Crippen LogP contribution in [0.1, 0.15) is 29.8 Å². The van der Waals surface area contributed by atoms with Gasteiger partial charge in [0.05, 0.1) is 5.69 Å². The van der Waals surface area contributed by atoms with Gasteiger partial charge in [-0.2, -0.15) is 0 Å². The maximum absolute atomic E-state index is 4.82. The van der Waals surface area contributed by atoms with E-state index in [-0.39, 0.29) is 0 Å². The summed E-state index contributed by atoms with van der Waals surface area (Å²) >= 11 is 0. The number of rotatable bonds is 3. The highest BCUT2D eigenvalue weighted by molar-refractivity contribution is 5.70. The molecule has 0 saturated carbocycles. The molecule has 0 amide bonds. The van der Waals surface area contributed by atoms with Crippen molar-refractivity contribution in [3.05, 3.63) is 84.0 Å². The SMILES string of the molecule is Cc1cncc(-c2ccc(-c3nc(C)cc(C4=CC=CCC4)n3)cc2)c1. The number of pyridine rings is 1. The second-order valence-electron chi connectivity index (χ2n) is 6.71. The van der Waals surface area contributed by atoms with Crippen LogP contribution in [0.25, 0.3) is 28.1 Å². The number of aromatic nitrogens is 3. The number of hydrogen-bond acceptors (Lipinski definition) is 3. The summed E-state index contributed by atoms with van der Waals surface area (Å²) in [4.78, 5) is 13.7. The lowest BCUT2D eigenvalue weighted by molar-refractivity contribution is 1.02. The maximum Gasteiger partial charge on any atom is 0.159 e. The van der Waals surface area contributed by atoms with Crippen molar-refractivity contribution in [2.75, 3.05) is 0 Å². The van der Waals surface area contributed by atoms with Crippen molar-refractivity contribution in [3.63, 3.8) is 0 Å². The van der Waals surface area contributed by atoms with E-state index in [0.717, 1.165) is 52.3 Å². The number of hydrogen-bond donors (Lipinski definition) is 0. The Balaban J connectivity index is 1.68. The highest BCUT2D eigenvalue weighted by Gasteiger charge is 2.10. The van der Waals surface area contributed by atoms with E-state index in [4.69, 9.17) is 4.98 Å². The molecule has 26 heavy (non-hydrogen) atoms. The molecular weight excluding hydrogens is 318 g/mol. The third-order valence-electron chi connectivity index (χ3n) is 4.55. The lowest BCUT2D eigenvalue weighted by Crippen LogP contribution is -1.99. The molecule has 0 bridgehead atoms. The molecule has 3 heteroatoms. The van der Waals surface area contributed by atoms with E-state index in [0.29, 0.717) is 0 Å². The van der Waals surface area contributed by atoms with Gasteiger partial charge in [-0.1, -0.05) is 42.5 Å². The number of nitrogens with zero attached hydrogens (tertiary/aromatic N) is 3. The van der Waals surface area contributed by atoms with Gasteiger partial charge >= 0.3 is 0 Å². The fourth-order valence-corrected chi connectivity index (χ4v) is 3.20. The first-order valence-electron chi connectivity index (χ1n) is 8.93. The maximum atomic E-state index is 4.82. The van der Waals surface area contributed by atoms with Crippen molar-refractivity contribution in [2.45, 2.75) is 26.7 Å². The Bertz CT molecular complexity index is 998. The average molecular weight is 339 g/mol. The predicted octanol–water partition coefficient (Wildman–Crippen LogP) is 5.56. The highest BCUT2D eigenvalue weighted by atomic mass is 14.9. The van der Waals surface area contributed by atoms with Gasteiger partial charge in [-0.25, -0.2) is 9.97 Å². The molecule has 4 rings (SSSR count). The first kappa shape index (κ1) is 16.4. The molecule has 3 aromatic rings. The van der Waals surface area contributed by atoms with E-state index in [1.54, 1.807) is 0 Å². The number of aryl methyl sites for hydroxylation is 2. The Morgan fingerprint density at radius 1 is 0.846 bits per heavy atom. The van der Waals surface area contributed by atoms with Gasteiger partial charge in [-0.05, 0) is 55.5 Å². The van der Waals surface area contributed by atoms with Crippen LogP contribution in [0.2, 0.25) is 0 Å². The Hall–Kier alpha value is -3.07. The van der Waals surface area contributed by atoms with E-state index in [9.17, 15) is 0 Å². The normalized spacial score (nSPS) is 13.5. The van der Waals surface area contributed by atoms with Gasteiger partial charge in [0, 0.05) is 29.2 Å². The first-order valence-corrected chi connectivity index (χ1v) is 8.93. The van der Waals surface area contributed by atoms with Gasteiger partial charge in [0.25, 0.3) is 0 Å². The van der Waals surface area contributed by atoms with Gasteiger partial charge in [-0.3, -0.25) is 4.98 Å². The highest BCUT2D eigenvalue weighted by Crippen LogP contribution is 2.26. The van der Waals surface area contributed by atoms with Crippen molar-refractivity contribution < 1.29 is 0 Å². The molecule has 0 radical (unpaired) electrons. The van der Waals surface area contributed by atoms with Crippen LogP contribution in [0.15, 0.2) is 67.0 Å². The zero-order valence-electron chi connectivity index (χ0n) is 15.1. The Morgan fingerprint density at radius 2 is 1.65 bits per heavy atom. The van der Waals surface area contributed by atoms with E-state index in [1.165, 1.54) is 5.57 Å². The Labute approximate surface area is 154 Å². The molecule has 0 unspecified atom stereocenters. The molecule has 0 fully saturated rings. The molecule has 0 saturated heterocycles. The molecule has 0 N–H and O–H groups in total. The van der Waals surface area contributed by atoms with Crippen molar-refractivity contribution in [3.8, 4) is 22.5 Å². The van der Waals surface area contributed by atoms with Gasteiger partial charge in [-0.15, -0.1) is 0 Å². The van der Waals surface area contributed by atoms with Crippen molar-refractivity contribution in [1.82, 2.24) is 15.0 Å². The van der Waals surface area contributed by atoms with E-state index < -0.39 is 0 Å². The fraction of sp³-hybridized carbons (Fsp3) is 0.174. The number of allylic oxidation sites excluding steroid dienone is 4. The van der Waals surface area contributed by atoms with Crippen molar-refractivity contribution in [2.24, 2.45) is 0 Å². The molecular formula is C23H21N3. The van der Waals surface area contributed by atoms with Crippen molar-refractivity contribution in [1.29, 1.82) is 0 Å². The van der Waals surface area contributed by atoms with Crippen LogP contribution in [-0.2, 0) is 0 Å². The smallest absolute Gasteiger partial charge is 0.159 e. The molecule has 1 aromatic carbocycles. The zero-order chi connectivity index (χ0) is 17.9. The van der Waals surface area contributed by atoms with E-state index in [2.05, 4.69) is 71.5 Å². The summed E-state index contributed by atoms with van der Waals surface area (Å²) in [6.45, 7) is 4.09. The summed E-state index contributed by atoms with van der Waals surface area (Å²) in [7, 11) is 0. The standard InChI is InChI=1S/C23H21N3/c1-16-12-21(15-24-14-16)18-8-10-20(11-9-18)23-25-17(2)13-22(26-23)19-6-4-3-5-7-19/h3-4,6,8-15H,5,7H2,1-2H3. The van der Waals surface area contributed by atoms with Crippen LogP contribution >= 0.6 is 0 Å². The molecule has 0 atom stereocenters. The van der Waals surface area contributed by atoms with Crippen LogP contribution in [0.3, 0.4) is 0 Å². The first-order chi connectivity index (χ1) is 12.7.